The molecule has 1 saturated carbocycles. The lowest BCUT2D eigenvalue weighted by Gasteiger charge is -2.23. The fraction of sp³-hybridized carbons (Fsp3) is 0.417. The Labute approximate surface area is 103 Å². The Bertz CT molecular complexity index is 415. The molecule has 1 aliphatic carbocycles. The second-order valence-electron chi connectivity index (χ2n) is 4.42. The Morgan fingerprint density at radius 1 is 1.56 bits per heavy atom. The van der Waals surface area contributed by atoms with Gasteiger partial charge in [0.15, 0.2) is 0 Å². The molecule has 0 spiro atoms. The summed E-state index contributed by atoms with van der Waals surface area (Å²) in [7, 11) is 1.94. The predicted molar refractivity (Wildman–Crippen MR) is 66.7 cm³/mol. The number of nitrogens with zero attached hydrogens (tertiary/aromatic N) is 1. The number of aliphatic carboxylic acids is 1. The van der Waals surface area contributed by atoms with Crippen LogP contribution in [0.25, 0.3) is 0 Å². The maximum atomic E-state index is 11.1. The Hall–Kier alpha value is -1.03. The topological polar surface area (TPSA) is 40.5 Å². The molecule has 0 heterocycles. The summed E-state index contributed by atoms with van der Waals surface area (Å²) in [5.41, 5.74) is 0.541. The van der Waals surface area contributed by atoms with Gasteiger partial charge in [-0.05, 0) is 31.0 Å². The molecule has 16 heavy (non-hydrogen) atoms. The van der Waals surface area contributed by atoms with Crippen LogP contribution in [0.5, 0.6) is 0 Å². The summed E-state index contributed by atoms with van der Waals surface area (Å²) < 4.78 is 1.01. The molecule has 2 rings (SSSR count). The molecule has 0 atom stereocenters. The average Bonchev–Trinajstić information content (AvgIpc) is 2.99. The molecule has 86 valence electrons. The number of benzene rings is 1. The van der Waals surface area contributed by atoms with Crippen molar-refractivity contribution < 1.29 is 9.90 Å². The van der Waals surface area contributed by atoms with Crippen LogP contribution in [0.1, 0.15) is 12.8 Å². The summed E-state index contributed by atoms with van der Waals surface area (Å²) in [6, 6.07) is 7.90. The first-order chi connectivity index (χ1) is 7.53. The van der Waals surface area contributed by atoms with Gasteiger partial charge < -0.3 is 10.0 Å². The van der Waals surface area contributed by atoms with Crippen molar-refractivity contribution >= 4 is 27.6 Å². The Morgan fingerprint density at radius 2 is 2.25 bits per heavy atom. The van der Waals surface area contributed by atoms with E-state index in [4.69, 9.17) is 5.11 Å². The molecule has 4 heteroatoms. The smallest absolute Gasteiger partial charge is 0.311 e. The third-order valence-electron chi connectivity index (χ3n) is 3.10. The van der Waals surface area contributed by atoms with E-state index in [2.05, 4.69) is 15.9 Å². The molecular weight excluding hydrogens is 270 g/mol. The van der Waals surface area contributed by atoms with E-state index in [9.17, 15) is 4.79 Å². The predicted octanol–water partition coefficient (Wildman–Crippen LogP) is 2.75. The second-order valence-corrected chi connectivity index (χ2v) is 5.34. The Kier molecular flexibility index (Phi) is 2.93. The normalized spacial score (nSPS) is 16.9. The molecule has 3 nitrogen and oxygen atoms in total. The quantitative estimate of drug-likeness (QED) is 0.924. The van der Waals surface area contributed by atoms with Crippen molar-refractivity contribution in [2.45, 2.75) is 12.8 Å². The molecule has 0 unspecified atom stereocenters. The molecule has 0 saturated heterocycles. The zero-order valence-electron chi connectivity index (χ0n) is 9.11. The van der Waals surface area contributed by atoms with Crippen molar-refractivity contribution in [2.24, 2.45) is 5.41 Å². The Morgan fingerprint density at radius 3 is 2.75 bits per heavy atom. The molecule has 0 radical (unpaired) electrons. The van der Waals surface area contributed by atoms with Crippen molar-refractivity contribution in [3.63, 3.8) is 0 Å². The van der Waals surface area contributed by atoms with Crippen LogP contribution in [0, 0.1) is 5.41 Å². The van der Waals surface area contributed by atoms with Crippen LogP contribution in [0.3, 0.4) is 0 Å². The maximum absolute atomic E-state index is 11.1. The van der Waals surface area contributed by atoms with Crippen molar-refractivity contribution in [1.82, 2.24) is 0 Å². The highest BCUT2D eigenvalue weighted by Crippen LogP contribution is 2.46. The van der Waals surface area contributed by atoms with E-state index in [0.29, 0.717) is 6.54 Å². The minimum Gasteiger partial charge on any atom is -0.481 e. The zero-order valence-corrected chi connectivity index (χ0v) is 10.7. The number of anilines is 1. The summed E-state index contributed by atoms with van der Waals surface area (Å²) in [5, 5.41) is 9.12. The van der Waals surface area contributed by atoms with E-state index in [1.807, 2.05) is 36.2 Å². The van der Waals surface area contributed by atoms with Gasteiger partial charge in [0.2, 0.25) is 0 Å². The van der Waals surface area contributed by atoms with Crippen molar-refractivity contribution in [3.05, 3.63) is 28.7 Å². The molecule has 1 aliphatic rings. The lowest BCUT2D eigenvalue weighted by atomic mass is 10.1. The number of carbonyl (C=O) groups is 1. The average molecular weight is 284 g/mol. The van der Waals surface area contributed by atoms with E-state index in [0.717, 1.165) is 23.0 Å². The van der Waals surface area contributed by atoms with Crippen LogP contribution in [-0.2, 0) is 4.79 Å². The van der Waals surface area contributed by atoms with Crippen molar-refractivity contribution in [3.8, 4) is 0 Å². The van der Waals surface area contributed by atoms with E-state index in [1.165, 1.54) is 0 Å². The van der Waals surface area contributed by atoms with E-state index in [-0.39, 0.29) is 0 Å². The fourth-order valence-electron chi connectivity index (χ4n) is 1.85. The highest BCUT2D eigenvalue weighted by molar-refractivity contribution is 9.10. The van der Waals surface area contributed by atoms with Gasteiger partial charge in [-0.2, -0.15) is 0 Å². The van der Waals surface area contributed by atoms with Crippen LogP contribution in [0.15, 0.2) is 28.7 Å². The van der Waals surface area contributed by atoms with Gasteiger partial charge in [0.05, 0.1) is 5.41 Å². The first kappa shape index (κ1) is 11.5. The molecule has 1 fully saturated rings. The summed E-state index contributed by atoms with van der Waals surface area (Å²) in [4.78, 5) is 13.1. The maximum Gasteiger partial charge on any atom is 0.311 e. The monoisotopic (exact) mass is 283 g/mol. The van der Waals surface area contributed by atoms with Gasteiger partial charge in [-0.15, -0.1) is 0 Å². The van der Waals surface area contributed by atoms with Gasteiger partial charge in [0.25, 0.3) is 0 Å². The third-order valence-corrected chi connectivity index (χ3v) is 3.59. The number of halogens is 1. The third kappa shape index (κ3) is 2.21. The number of hydrogen-bond donors (Lipinski definition) is 1. The summed E-state index contributed by atoms with van der Waals surface area (Å²) in [5.74, 6) is -0.672. The van der Waals surface area contributed by atoms with Crippen LogP contribution in [-0.4, -0.2) is 24.7 Å². The largest absolute Gasteiger partial charge is 0.481 e. The zero-order chi connectivity index (χ0) is 11.8. The second kappa shape index (κ2) is 4.09. The fourth-order valence-corrected chi connectivity index (χ4v) is 2.24. The summed E-state index contributed by atoms with van der Waals surface area (Å²) >= 11 is 3.41. The van der Waals surface area contributed by atoms with Crippen molar-refractivity contribution in [2.75, 3.05) is 18.5 Å². The summed E-state index contributed by atoms with van der Waals surface area (Å²) in [6.07, 6.45) is 1.58. The van der Waals surface area contributed by atoms with Crippen LogP contribution in [0.4, 0.5) is 5.69 Å². The highest BCUT2D eigenvalue weighted by atomic mass is 79.9. The van der Waals surface area contributed by atoms with E-state index in [1.54, 1.807) is 0 Å². The van der Waals surface area contributed by atoms with Gasteiger partial charge >= 0.3 is 5.97 Å². The first-order valence-corrected chi connectivity index (χ1v) is 6.03. The van der Waals surface area contributed by atoms with Crippen molar-refractivity contribution in [1.29, 1.82) is 0 Å². The lowest BCUT2D eigenvalue weighted by Crippen LogP contribution is -2.31. The molecular formula is C12H14BrNO2. The minimum atomic E-state index is -0.672. The lowest BCUT2D eigenvalue weighted by molar-refractivity contribution is -0.142. The van der Waals surface area contributed by atoms with Gasteiger partial charge in [-0.25, -0.2) is 0 Å². The number of carboxylic acids is 1. The van der Waals surface area contributed by atoms with E-state index < -0.39 is 11.4 Å². The Balaban J connectivity index is 2.09. The van der Waals surface area contributed by atoms with Gasteiger partial charge in [-0.3, -0.25) is 4.79 Å². The summed E-state index contributed by atoms with van der Waals surface area (Å²) in [6.45, 7) is 0.582. The molecule has 1 aromatic carbocycles. The standard InChI is InChI=1S/C12H14BrNO2/c1-14(8-12(5-6-12)11(15)16)10-4-2-3-9(13)7-10/h2-4,7H,5-6,8H2,1H3,(H,15,16). The van der Waals surface area contributed by atoms with Crippen LogP contribution in [0.2, 0.25) is 0 Å². The molecule has 1 N–H and O–H groups in total. The molecule has 0 amide bonds. The van der Waals surface area contributed by atoms with Gasteiger partial charge in [0, 0.05) is 23.8 Å². The van der Waals surface area contributed by atoms with E-state index >= 15 is 0 Å². The van der Waals surface area contributed by atoms with Gasteiger partial charge in [-0.1, -0.05) is 22.0 Å². The molecule has 1 aromatic rings. The molecule has 0 aromatic heterocycles. The number of hydrogen-bond acceptors (Lipinski definition) is 2. The van der Waals surface area contributed by atoms with Crippen LogP contribution < -0.4 is 4.90 Å². The first-order valence-electron chi connectivity index (χ1n) is 5.24. The number of rotatable bonds is 4. The minimum absolute atomic E-state index is 0.503. The SMILES string of the molecule is CN(CC1(C(=O)O)CC1)c1cccc(Br)c1. The molecule has 0 bridgehead atoms. The number of carboxylic acid groups (broad SMARTS) is 1. The molecule has 0 aliphatic heterocycles. The highest BCUT2D eigenvalue weighted by Gasteiger charge is 2.50. The van der Waals surface area contributed by atoms with Gasteiger partial charge in [0.1, 0.15) is 0 Å². The van der Waals surface area contributed by atoms with Crippen LogP contribution >= 0.6 is 15.9 Å².